The highest BCUT2D eigenvalue weighted by Crippen LogP contribution is 2.36. The lowest BCUT2D eigenvalue weighted by Crippen LogP contribution is -2.38. The van der Waals surface area contributed by atoms with Crippen molar-refractivity contribution in [1.82, 2.24) is 0 Å². The third kappa shape index (κ3) is 1.97. The van der Waals surface area contributed by atoms with Crippen LogP contribution in [0.5, 0.6) is 0 Å². The van der Waals surface area contributed by atoms with Crippen LogP contribution >= 0.6 is 0 Å². The summed E-state index contributed by atoms with van der Waals surface area (Å²) < 4.78 is 0. The number of Topliss-reactive ketones (excluding diaryl/α,β-unsaturated/α-hetero) is 1. The number of hydrogen-bond acceptors (Lipinski definition) is 2. The predicted molar refractivity (Wildman–Crippen MR) is 52.9 cm³/mol. The van der Waals surface area contributed by atoms with Gasteiger partial charge in [-0.3, -0.25) is 9.59 Å². The van der Waals surface area contributed by atoms with Crippen molar-refractivity contribution >= 4 is 11.8 Å². The number of carbonyl (C=O) groups excluding carboxylic acids is 1. The van der Waals surface area contributed by atoms with Crippen LogP contribution in [0.15, 0.2) is 0 Å². The predicted octanol–water partition coefficient (Wildman–Crippen LogP) is 2.10. The molecule has 1 aliphatic rings. The van der Waals surface area contributed by atoms with Gasteiger partial charge in [-0.15, -0.1) is 0 Å². The third-order valence-corrected chi connectivity index (χ3v) is 3.38. The summed E-state index contributed by atoms with van der Waals surface area (Å²) in [6, 6.07) is 0. The molecule has 0 heterocycles. The van der Waals surface area contributed by atoms with Gasteiger partial charge in [-0.2, -0.15) is 0 Å². The minimum Gasteiger partial charge on any atom is -0.481 e. The van der Waals surface area contributed by atoms with Crippen LogP contribution in [0.1, 0.15) is 39.5 Å². The summed E-state index contributed by atoms with van der Waals surface area (Å²) in [5, 5.41) is 9.03. The van der Waals surface area contributed by atoms with Crippen LogP contribution < -0.4 is 0 Å². The van der Waals surface area contributed by atoms with Crippen molar-refractivity contribution in [2.24, 2.45) is 17.8 Å². The second kappa shape index (κ2) is 4.58. The van der Waals surface area contributed by atoms with Crippen LogP contribution in [0, 0.1) is 17.8 Å². The average Bonchev–Trinajstić information content (AvgIpc) is 2.16. The third-order valence-electron chi connectivity index (χ3n) is 3.38. The Balaban J connectivity index is 2.82. The summed E-state index contributed by atoms with van der Waals surface area (Å²) in [5.41, 5.74) is 0. The van der Waals surface area contributed by atoms with Crippen molar-refractivity contribution < 1.29 is 14.7 Å². The number of carboxylic acids is 1. The van der Waals surface area contributed by atoms with Crippen LogP contribution in [0.3, 0.4) is 0 Å². The molecule has 1 rings (SSSR count). The maximum atomic E-state index is 11.6. The van der Waals surface area contributed by atoms with Crippen molar-refractivity contribution in [2.75, 3.05) is 0 Å². The topological polar surface area (TPSA) is 54.4 Å². The number of hydrogen-bond donors (Lipinski definition) is 1. The molecule has 14 heavy (non-hydrogen) atoms. The van der Waals surface area contributed by atoms with Crippen molar-refractivity contribution in [3.05, 3.63) is 0 Å². The van der Waals surface area contributed by atoms with Gasteiger partial charge in [-0.1, -0.05) is 20.3 Å². The molecule has 3 nitrogen and oxygen atoms in total. The molecule has 0 aliphatic heterocycles. The number of aliphatic carboxylic acids is 1. The fourth-order valence-corrected chi connectivity index (χ4v) is 2.62. The summed E-state index contributed by atoms with van der Waals surface area (Å²) in [6.07, 6.45) is 2.55. The lowest BCUT2D eigenvalue weighted by Gasteiger charge is -2.33. The molecule has 1 fully saturated rings. The van der Waals surface area contributed by atoms with E-state index in [1.54, 1.807) is 0 Å². The lowest BCUT2D eigenvalue weighted by atomic mass is 9.69. The molecule has 3 atom stereocenters. The fraction of sp³-hybridized carbons (Fsp3) is 0.818. The molecule has 0 radical (unpaired) electrons. The molecular formula is C11H18O3. The van der Waals surface area contributed by atoms with Crippen LogP contribution in [0.25, 0.3) is 0 Å². The van der Waals surface area contributed by atoms with Gasteiger partial charge in [0.15, 0.2) is 0 Å². The smallest absolute Gasteiger partial charge is 0.306 e. The number of carboxylic acid groups (broad SMARTS) is 1. The van der Waals surface area contributed by atoms with E-state index in [0.717, 1.165) is 12.8 Å². The van der Waals surface area contributed by atoms with Crippen molar-refractivity contribution in [1.29, 1.82) is 0 Å². The van der Waals surface area contributed by atoms with Crippen LogP contribution in [0.2, 0.25) is 0 Å². The monoisotopic (exact) mass is 198 g/mol. The van der Waals surface area contributed by atoms with Gasteiger partial charge in [0.05, 0.1) is 5.92 Å². The van der Waals surface area contributed by atoms with Gasteiger partial charge in [-0.25, -0.2) is 0 Å². The minimum atomic E-state index is -0.734. The first-order valence-electron chi connectivity index (χ1n) is 5.37. The minimum absolute atomic E-state index is 0.0187. The highest BCUT2D eigenvalue weighted by molar-refractivity contribution is 5.84. The fourth-order valence-electron chi connectivity index (χ4n) is 2.62. The molecule has 0 aromatic heterocycles. The number of carbonyl (C=O) groups is 2. The second-order valence-electron chi connectivity index (χ2n) is 4.04. The van der Waals surface area contributed by atoms with Crippen LogP contribution in [-0.2, 0) is 9.59 Å². The molecule has 3 heteroatoms. The SMILES string of the molecule is CCC1C(=O)CCC(C(=O)O)C1CC. The molecule has 1 N–H and O–H groups in total. The molecule has 0 aromatic carbocycles. The second-order valence-corrected chi connectivity index (χ2v) is 4.04. The van der Waals surface area contributed by atoms with Gasteiger partial charge in [0, 0.05) is 12.3 Å². The van der Waals surface area contributed by atoms with Gasteiger partial charge >= 0.3 is 5.97 Å². The Morgan fingerprint density at radius 2 is 2.07 bits per heavy atom. The van der Waals surface area contributed by atoms with Gasteiger partial charge in [0.2, 0.25) is 0 Å². The zero-order chi connectivity index (χ0) is 10.7. The van der Waals surface area contributed by atoms with E-state index in [-0.39, 0.29) is 23.5 Å². The standard InChI is InChI=1S/C11H18O3/c1-3-7-8(4-2)10(12)6-5-9(7)11(13)14/h7-9H,3-6H2,1-2H3,(H,13,14). The highest BCUT2D eigenvalue weighted by Gasteiger charge is 2.39. The first-order valence-corrected chi connectivity index (χ1v) is 5.37. The Bertz CT molecular complexity index is 233. The summed E-state index contributed by atoms with van der Waals surface area (Å²) in [5.74, 6) is -0.740. The zero-order valence-corrected chi connectivity index (χ0v) is 8.82. The lowest BCUT2D eigenvalue weighted by molar-refractivity contribution is -0.148. The Morgan fingerprint density at radius 1 is 1.43 bits per heavy atom. The summed E-state index contributed by atoms with van der Waals surface area (Å²) in [4.78, 5) is 22.6. The summed E-state index contributed by atoms with van der Waals surface area (Å²) >= 11 is 0. The largest absolute Gasteiger partial charge is 0.481 e. The molecule has 80 valence electrons. The maximum Gasteiger partial charge on any atom is 0.306 e. The molecular weight excluding hydrogens is 180 g/mol. The van der Waals surface area contributed by atoms with E-state index in [1.165, 1.54) is 0 Å². The molecule has 1 saturated carbocycles. The summed E-state index contributed by atoms with van der Waals surface area (Å²) in [6.45, 7) is 3.94. The molecule has 0 spiro atoms. The van der Waals surface area contributed by atoms with Gasteiger partial charge in [0.25, 0.3) is 0 Å². The number of rotatable bonds is 3. The van der Waals surface area contributed by atoms with E-state index in [9.17, 15) is 9.59 Å². The van der Waals surface area contributed by atoms with Gasteiger partial charge in [-0.05, 0) is 18.8 Å². The molecule has 0 amide bonds. The zero-order valence-electron chi connectivity index (χ0n) is 8.82. The first-order chi connectivity index (χ1) is 6.61. The highest BCUT2D eigenvalue weighted by atomic mass is 16.4. The first kappa shape index (κ1) is 11.2. The molecule has 3 unspecified atom stereocenters. The molecule has 0 bridgehead atoms. The van der Waals surface area contributed by atoms with Crippen molar-refractivity contribution in [2.45, 2.75) is 39.5 Å². The number of ketones is 1. The Hall–Kier alpha value is -0.860. The Kier molecular flexibility index (Phi) is 3.67. The van der Waals surface area contributed by atoms with E-state index in [2.05, 4.69) is 0 Å². The van der Waals surface area contributed by atoms with E-state index in [1.807, 2.05) is 13.8 Å². The Labute approximate surface area is 84.5 Å². The van der Waals surface area contributed by atoms with Crippen LogP contribution in [0.4, 0.5) is 0 Å². The van der Waals surface area contributed by atoms with Gasteiger partial charge in [0.1, 0.15) is 5.78 Å². The maximum absolute atomic E-state index is 11.6. The Morgan fingerprint density at radius 3 is 2.50 bits per heavy atom. The van der Waals surface area contributed by atoms with Crippen LogP contribution in [-0.4, -0.2) is 16.9 Å². The average molecular weight is 198 g/mol. The van der Waals surface area contributed by atoms with Crippen molar-refractivity contribution in [3.8, 4) is 0 Å². The summed E-state index contributed by atoms with van der Waals surface area (Å²) in [7, 11) is 0. The molecule has 0 saturated heterocycles. The quantitative estimate of drug-likeness (QED) is 0.755. The van der Waals surface area contributed by atoms with E-state index < -0.39 is 5.97 Å². The van der Waals surface area contributed by atoms with Crippen molar-refractivity contribution in [3.63, 3.8) is 0 Å². The van der Waals surface area contributed by atoms with Gasteiger partial charge < -0.3 is 5.11 Å². The van der Waals surface area contributed by atoms with E-state index >= 15 is 0 Å². The van der Waals surface area contributed by atoms with E-state index in [4.69, 9.17) is 5.11 Å². The van der Waals surface area contributed by atoms with E-state index in [0.29, 0.717) is 12.8 Å². The normalized spacial score (nSPS) is 33.0. The molecule has 0 aromatic rings. The molecule has 1 aliphatic carbocycles.